The lowest BCUT2D eigenvalue weighted by atomic mass is 10.1. The van der Waals surface area contributed by atoms with Gasteiger partial charge in [0.05, 0.1) is 0 Å². The third kappa shape index (κ3) is 1.87. The summed E-state index contributed by atoms with van der Waals surface area (Å²) in [4.78, 5) is 28.2. The van der Waals surface area contributed by atoms with Crippen LogP contribution < -0.4 is 10.6 Å². The first kappa shape index (κ1) is 11.8. The van der Waals surface area contributed by atoms with Gasteiger partial charge in [0.1, 0.15) is 5.92 Å². The Bertz CT molecular complexity index is 674. The topological polar surface area (TPSA) is 79.2 Å². The zero-order valence-corrected chi connectivity index (χ0v) is 10.6. The smallest absolute Gasteiger partial charge is 0.239 e. The molecule has 0 radical (unpaired) electrons. The Kier molecular flexibility index (Phi) is 2.55. The van der Waals surface area contributed by atoms with Crippen LogP contribution >= 0.6 is 0 Å². The van der Waals surface area contributed by atoms with Crippen molar-refractivity contribution in [1.29, 1.82) is 0 Å². The summed E-state index contributed by atoms with van der Waals surface area (Å²) in [5, 5.41) is 1.06. The number of benzene rings is 1. The Balaban J connectivity index is 1.96. The number of nitrogens with one attached hydrogen (secondary N) is 1. The monoisotopic (exact) mass is 257 g/mol. The van der Waals surface area contributed by atoms with Crippen molar-refractivity contribution in [2.45, 2.75) is 13.3 Å². The molecule has 0 bridgehead atoms. The van der Waals surface area contributed by atoms with Crippen molar-refractivity contribution < 1.29 is 9.59 Å². The lowest BCUT2D eigenvalue weighted by Gasteiger charge is -2.16. The van der Waals surface area contributed by atoms with Crippen LogP contribution in [0.5, 0.6) is 0 Å². The van der Waals surface area contributed by atoms with Gasteiger partial charge in [0.15, 0.2) is 0 Å². The molecule has 5 nitrogen and oxygen atoms in total. The number of nitrogens with zero attached hydrogens (tertiary/aromatic N) is 1. The molecule has 2 aromatic rings. The molecule has 1 fully saturated rings. The molecule has 2 amide bonds. The highest BCUT2D eigenvalue weighted by molar-refractivity contribution is 6.09. The number of carbonyl (C=O) groups is 2. The Hall–Kier alpha value is -2.30. The molecular weight excluding hydrogens is 242 g/mol. The van der Waals surface area contributed by atoms with Crippen LogP contribution in [-0.2, 0) is 9.59 Å². The maximum absolute atomic E-state index is 12.1. The largest absolute Gasteiger partial charge is 0.369 e. The number of H-pyrrole nitrogens is 1. The van der Waals surface area contributed by atoms with Gasteiger partial charge in [0.25, 0.3) is 0 Å². The maximum atomic E-state index is 12.1. The van der Waals surface area contributed by atoms with Gasteiger partial charge >= 0.3 is 0 Å². The summed E-state index contributed by atoms with van der Waals surface area (Å²) in [5.74, 6) is -1.41. The van der Waals surface area contributed by atoms with Crippen LogP contribution in [0.2, 0.25) is 0 Å². The Morgan fingerprint density at radius 2 is 2.21 bits per heavy atom. The second kappa shape index (κ2) is 4.12. The zero-order chi connectivity index (χ0) is 13.6. The van der Waals surface area contributed by atoms with E-state index in [2.05, 4.69) is 4.98 Å². The van der Waals surface area contributed by atoms with Gasteiger partial charge in [-0.3, -0.25) is 9.59 Å². The first-order valence-corrected chi connectivity index (χ1v) is 6.26. The number of carbonyl (C=O) groups excluding carboxylic acids is 2. The number of aromatic nitrogens is 1. The fraction of sp³-hybridized carbons (Fsp3) is 0.286. The molecule has 2 heterocycles. The molecule has 1 aromatic carbocycles. The van der Waals surface area contributed by atoms with E-state index >= 15 is 0 Å². The number of hydrogen-bond acceptors (Lipinski definition) is 2. The van der Waals surface area contributed by atoms with Crippen molar-refractivity contribution in [2.24, 2.45) is 11.7 Å². The summed E-state index contributed by atoms with van der Waals surface area (Å²) in [5.41, 5.74) is 8.17. The lowest BCUT2D eigenvalue weighted by molar-refractivity contribution is -0.130. The average molecular weight is 257 g/mol. The van der Waals surface area contributed by atoms with Crippen molar-refractivity contribution in [3.8, 4) is 0 Å². The van der Waals surface area contributed by atoms with E-state index in [9.17, 15) is 9.59 Å². The van der Waals surface area contributed by atoms with Gasteiger partial charge in [0.2, 0.25) is 11.8 Å². The van der Waals surface area contributed by atoms with E-state index in [-0.39, 0.29) is 5.91 Å². The summed E-state index contributed by atoms with van der Waals surface area (Å²) < 4.78 is 0. The quantitative estimate of drug-likeness (QED) is 0.796. The predicted molar refractivity (Wildman–Crippen MR) is 72.7 cm³/mol. The fourth-order valence-electron chi connectivity index (χ4n) is 2.63. The Morgan fingerprint density at radius 1 is 1.42 bits per heavy atom. The molecule has 1 saturated heterocycles. The second-order valence-corrected chi connectivity index (χ2v) is 4.96. The van der Waals surface area contributed by atoms with Gasteiger partial charge in [-0.1, -0.05) is 0 Å². The summed E-state index contributed by atoms with van der Waals surface area (Å²) in [6.07, 6.45) is 0.498. The number of hydrogen-bond donors (Lipinski definition) is 2. The molecule has 19 heavy (non-hydrogen) atoms. The first-order chi connectivity index (χ1) is 9.06. The van der Waals surface area contributed by atoms with Gasteiger partial charge in [-0.05, 0) is 37.6 Å². The van der Waals surface area contributed by atoms with Crippen molar-refractivity contribution in [1.82, 2.24) is 4.98 Å². The molecule has 0 aliphatic carbocycles. The van der Waals surface area contributed by atoms with E-state index in [1.54, 1.807) is 4.90 Å². The summed E-state index contributed by atoms with van der Waals surface area (Å²) in [6, 6.07) is 7.83. The standard InChI is InChI=1S/C14H15N3O2/c1-8-6-9-7-10(2-3-12(9)16-8)17-5-4-11(13(15)18)14(17)19/h2-3,6-7,11,16H,4-5H2,1H3,(H2,15,18). The molecule has 1 aromatic heterocycles. The third-order valence-corrected chi connectivity index (χ3v) is 3.60. The Labute approximate surface area is 110 Å². The van der Waals surface area contributed by atoms with E-state index < -0.39 is 11.8 Å². The van der Waals surface area contributed by atoms with E-state index in [1.807, 2.05) is 31.2 Å². The summed E-state index contributed by atoms with van der Waals surface area (Å²) >= 11 is 0. The number of aromatic amines is 1. The molecule has 3 N–H and O–H groups in total. The minimum Gasteiger partial charge on any atom is -0.369 e. The van der Waals surface area contributed by atoms with Crippen molar-refractivity contribution in [2.75, 3.05) is 11.4 Å². The number of primary amides is 1. The Morgan fingerprint density at radius 3 is 2.89 bits per heavy atom. The SMILES string of the molecule is Cc1cc2cc(N3CCC(C(N)=O)C3=O)ccc2[nH]1. The van der Waals surface area contributed by atoms with Crippen LogP contribution in [0.25, 0.3) is 10.9 Å². The number of anilines is 1. The summed E-state index contributed by atoms with van der Waals surface area (Å²) in [6.45, 7) is 2.53. The van der Waals surface area contributed by atoms with E-state index in [4.69, 9.17) is 5.73 Å². The van der Waals surface area contributed by atoms with Crippen LogP contribution in [0.4, 0.5) is 5.69 Å². The number of nitrogens with two attached hydrogens (primary N) is 1. The maximum Gasteiger partial charge on any atom is 0.239 e. The first-order valence-electron chi connectivity index (χ1n) is 6.26. The highest BCUT2D eigenvalue weighted by Gasteiger charge is 2.36. The van der Waals surface area contributed by atoms with Crippen LogP contribution in [0.15, 0.2) is 24.3 Å². The lowest BCUT2D eigenvalue weighted by Crippen LogP contribution is -2.33. The van der Waals surface area contributed by atoms with Crippen LogP contribution in [0.1, 0.15) is 12.1 Å². The minimum absolute atomic E-state index is 0.195. The second-order valence-electron chi connectivity index (χ2n) is 4.96. The number of rotatable bonds is 2. The molecule has 3 rings (SSSR count). The number of amides is 2. The van der Waals surface area contributed by atoms with Crippen molar-refractivity contribution >= 4 is 28.4 Å². The highest BCUT2D eigenvalue weighted by atomic mass is 16.2. The predicted octanol–water partition coefficient (Wildman–Crippen LogP) is 1.31. The molecule has 1 aliphatic rings. The fourth-order valence-corrected chi connectivity index (χ4v) is 2.63. The number of fused-ring (bicyclic) bond motifs is 1. The molecule has 1 aliphatic heterocycles. The van der Waals surface area contributed by atoms with Gasteiger partial charge in [-0.2, -0.15) is 0 Å². The van der Waals surface area contributed by atoms with Crippen LogP contribution in [0, 0.1) is 12.8 Å². The molecule has 98 valence electrons. The normalized spacial score (nSPS) is 19.3. The molecular formula is C14H15N3O2. The molecule has 5 heteroatoms. The zero-order valence-electron chi connectivity index (χ0n) is 10.6. The van der Waals surface area contributed by atoms with Crippen LogP contribution in [0.3, 0.4) is 0 Å². The van der Waals surface area contributed by atoms with Gasteiger partial charge in [-0.25, -0.2) is 0 Å². The van der Waals surface area contributed by atoms with E-state index in [1.165, 1.54) is 0 Å². The van der Waals surface area contributed by atoms with Crippen molar-refractivity contribution in [3.63, 3.8) is 0 Å². The molecule has 0 spiro atoms. The van der Waals surface area contributed by atoms with Gasteiger partial charge < -0.3 is 15.6 Å². The number of aryl methyl sites for hydroxylation is 1. The minimum atomic E-state index is -0.677. The van der Waals surface area contributed by atoms with Gasteiger partial charge in [-0.15, -0.1) is 0 Å². The van der Waals surface area contributed by atoms with E-state index in [0.717, 1.165) is 22.3 Å². The average Bonchev–Trinajstić information content (AvgIpc) is 2.89. The van der Waals surface area contributed by atoms with Crippen LogP contribution in [-0.4, -0.2) is 23.3 Å². The molecule has 1 atom stereocenters. The highest BCUT2D eigenvalue weighted by Crippen LogP contribution is 2.28. The third-order valence-electron chi connectivity index (χ3n) is 3.60. The molecule has 1 unspecified atom stereocenters. The summed E-state index contributed by atoms with van der Waals surface area (Å²) in [7, 11) is 0. The van der Waals surface area contributed by atoms with Crippen molar-refractivity contribution in [3.05, 3.63) is 30.0 Å². The van der Waals surface area contributed by atoms with Gasteiger partial charge in [0, 0.05) is 28.8 Å². The van der Waals surface area contributed by atoms with E-state index in [0.29, 0.717) is 13.0 Å². The molecule has 0 saturated carbocycles.